The lowest BCUT2D eigenvalue weighted by Crippen LogP contribution is -2.43. The summed E-state index contributed by atoms with van der Waals surface area (Å²) in [4.78, 5) is 25.4. The number of ether oxygens (including phenoxy) is 1. The lowest BCUT2D eigenvalue weighted by Gasteiger charge is -2.31. The Morgan fingerprint density at radius 3 is 2.81 bits per heavy atom. The van der Waals surface area contributed by atoms with Gasteiger partial charge in [0, 0.05) is 19.2 Å². The molecule has 6 heteroatoms. The molecule has 114 valence electrons. The summed E-state index contributed by atoms with van der Waals surface area (Å²) in [6, 6.07) is 2.85. The number of amides is 1. The van der Waals surface area contributed by atoms with Crippen molar-refractivity contribution in [3.63, 3.8) is 0 Å². The third-order valence-electron chi connectivity index (χ3n) is 3.49. The first-order valence-corrected chi connectivity index (χ1v) is 6.94. The van der Waals surface area contributed by atoms with E-state index >= 15 is 0 Å². The third-order valence-corrected chi connectivity index (χ3v) is 3.49. The van der Waals surface area contributed by atoms with E-state index in [1.807, 2.05) is 0 Å². The molecule has 0 radical (unpaired) electrons. The summed E-state index contributed by atoms with van der Waals surface area (Å²) in [6.07, 6.45) is 1.30. The number of nitrogens with zero attached hydrogens (tertiary/aromatic N) is 1. The van der Waals surface area contributed by atoms with Gasteiger partial charge in [0.1, 0.15) is 11.6 Å². The van der Waals surface area contributed by atoms with Crippen molar-refractivity contribution in [1.82, 2.24) is 4.90 Å². The molecule has 21 heavy (non-hydrogen) atoms. The van der Waals surface area contributed by atoms with Gasteiger partial charge in [-0.2, -0.15) is 0 Å². The van der Waals surface area contributed by atoms with E-state index in [1.165, 1.54) is 4.90 Å². The number of carbonyl (C=O) groups excluding carboxylic acids is 2. The molecule has 1 aliphatic rings. The molecule has 0 unspecified atom stereocenters. The lowest BCUT2D eigenvalue weighted by atomic mass is 9.97. The molecule has 4 nitrogen and oxygen atoms in total. The fourth-order valence-electron chi connectivity index (χ4n) is 2.45. The van der Waals surface area contributed by atoms with Crippen LogP contribution >= 0.6 is 0 Å². The average molecular weight is 297 g/mol. The highest BCUT2D eigenvalue weighted by atomic mass is 19.1. The van der Waals surface area contributed by atoms with Gasteiger partial charge in [-0.1, -0.05) is 0 Å². The molecule has 0 bridgehead atoms. The molecule has 2 rings (SSSR count). The quantitative estimate of drug-likeness (QED) is 0.805. The molecule has 1 aliphatic heterocycles. The summed E-state index contributed by atoms with van der Waals surface area (Å²) in [7, 11) is 0. The highest BCUT2D eigenvalue weighted by Crippen LogP contribution is 2.21. The minimum Gasteiger partial charge on any atom is -0.466 e. The van der Waals surface area contributed by atoms with Crippen molar-refractivity contribution < 1.29 is 23.1 Å². The number of benzene rings is 1. The SMILES string of the molecule is CCOC(=O)[C@H]1CCCN(C(=O)c2ccc(F)cc2F)C1. The van der Waals surface area contributed by atoms with E-state index in [4.69, 9.17) is 4.74 Å². The van der Waals surface area contributed by atoms with Crippen LogP contribution in [0.4, 0.5) is 8.78 Å². The van der Waals surface area contributed by atoms with Gasteiger partial charge in [-0.25, -0.2) is 8.78 Å². The predicted molar refractivity (Wildman–Crippen MR) is 71.6 cm³/mol. The Kier molecular flexibility index (Phi) is 4.88. The third kappa shape index (κ3) is 3.56. The van der Waals surface area contributed by atoms with Crippen molar-refractivity contribution >= 4 is 11.9 Å². The van der Waals surface area contributed by atoms with Crippen molar-refractivity contribution in [3.05, 3.63) is 35.4 Å². The minimum absolute atomic E-state index is 0.180. The Hall–Kier alpha value is -1.98. The van der Waals surface area contributed by atoms with Gasteiger partial charge in [-0.15, -0.1) is 0 Å². The van der Waals surface area contributed by atoms with Crippen LogP contribution in [0.25, 0.3) is 0 Å². The number of likely N-dealkylation sites (tertiary alicyclic amines) is 1. The molecule has 0 aliphatic carbocycles. The van der Waals surface area contributed by atoms with Crippen LogP contribution in [0.5, 0.6) is 0 Å². The summed E-state index contributed by atoms with van der Waals surface area (Å²) in [5, 5.41) is 0. The maximum Gasteiger partial charge on any atom is 0.310 e. The number of esters is 1. The van der Waals surface area contributed by atoms with Gasteiger partial charge >= 0.3 is 5.97 Å². The Morgan fingerprint density at radius 2 is 2.14 bits per heavy atom. The molecule has 1 fully saturated rings. The summed E-state index contributed by atoms with van der Waals surface area (Å²) >= 11 is 0. The Labute approximate surface area is 121 Å². The number of hydrogen-bond acceptors (Lipinski definition) is 3. The van der Waals surface area contributed by atoms with Crippen molar-refractivity contribution in [2.45, 2.75) is 19.8 Å². The highest BCUT2D eigenvalue weighted by Gasteiger charge is 2.30. The molecule has 1 atom stereocenters. The fraction of sp³-hybridized carbons (Fsp3) is 0.467. The molecule has 1 aromatic carbocycles. The van der Waals surface area contributed by atoms with E-state index in [2.05, 4.69) is 0 Å². The first-order valence-electron chi connectivity index (χ1n) is 6.94. The molecule has 1 amide bonds. The Balaban J connectivity index is 2.10. The molecule has 0 spiro atoms. The number of halogens is 2. The number of hydrogen-bond donors (Lipinski definition) is 0. The Morgan fingerprint density at radius 1 is 1.38 bits per heavy atom. The number of rotatable bonds is 3. The summed E-state index contributed by atoms with van der Waals surface area (Å²) in [5.74, 6) is -2.87. The van der Waals surface area contributed by atoms with E-state index < -0.39 is 17.5 Å². The second kappa shape index (κ2) is 6.65. The van der Waals surface area contributed by atoms with Gasteiger partial charge in [-0.05, 0) is 31.9 Å². The molecule has 0 saturated carbocycles. The van der Waals surface area contributed by atoms with Gasteiger partial charge < -0.3 is 9.64 Å². The van der Waals surface area contributed by atoms with E-state index in [-0.39, 0.29) is 30.6 Å². The van der Waals surface area contributed by atoms with Crippen LogP contribution in [-0.2, 0) is 9.53 Å². The molecular formula is C15H17F2NO3. The summed E-state index contributed by atoms with van der Waals surface area (Å²) in [5.41, 5.74) is -0.180. The number of carbonyl (C=O) groups is 2. The normalized spacial score (nSPS) is 18.4. The van der Waals surface area contributed by atoms with Crippen molar-refractivity contribution in [2.24, 2.45) is 5.92 Å². The predicted octanol–water partition coefficient (Wildman–Crippen LogP) is 2.38. The summed E-state index contributed by atoms with van der Waals surface area (Å²) < 4.78 is 31.5. The smallest absolute Gasteiger partial charge is 0.310 e. The zero-order chi connectivity index (χ0) is 15.4. The van der Waals surface area contributed by atoms with Gasteiger partial charge in [0.2, 0.25) is 0 Å². The molecule has 0 N–H and O–H groups in total. The molecular weight excluding hydrogens is 280 g/mol. The van der Waals surface area contributed by atoms with Crippen LogP contribution in [0.2, 0.25) is 0 Å². The van der Waals surface area contributed by atoms with Crippen LogP contribution in [0, 0.1) is 17.6 Å². The van der Waals surface area contributed by atoms with E-state index in [9.17, 15) is 18.4 Å². The van der Waals surface area contributed by atoms with Gasteiger partial charge in [-0.3, -0.25) is 9.59 Å². The topological polar surface area (TPSA) is 46.6 Å². The lowest BCUT2D eigenvalue weighted by molar-refractivity contribution is -0.149. The molecule has 1 heterocycles. The van der Waals surface area contributed by atoms with Crippen molar-refractivity contribution in [1.29, 1.82) is 0 Å². The van der Waals surface area contributed by atoms with Crippen LogP contribution in [-0.4, -0.2) is 36.5 Å². The van der Waals surface area contributed by atoms with Gasteiger partial charge in [0.25, 0.3) is 5.91 Å². The fourth-order valence-corrected chi connectivity index (χ4v) is 2.45. The van der Waals surface area contributed by atoms with Crippen LogP contribution in [0.3, 0.4) is 0 Å². The number of piperidine rings is 1. The van der Waals surface area contributed by atoms with Gasteiger partial charge in [0.15, 0.2) is 0 Å². The average Bonchev–Trinajstić information content (AvgIpc) is 2.47. The first kappa shape index (κ1) is 15.4. The molecule has 1 aromatic rings. The zero-order valence-corrected chi connectivity index (χ0v) is 11.8. The first-order chi connectivity index (χ1) is 10.0. The molecule has 1 saturated heterocycles. The van der Waals surface area contributed by atoms with Crippen molar-refractivity contribution in [2.75, 3.05) is 19.7 Å². The van der Waals surface area contributed by atoms with Gasteiger partial charge in [0.05, 0.1) is 18.1 Å². The second-order valence-corrected chi connectivity index (χ2v) is 4.97. The Bertz CT molecular complexity index is 548. The zero-order valence-electron chi connectivity index (χ0n) is 11.8. The van der Waals surface area contributed by atoms with Crippen molar-refractivity contribution in [3.8, 4) is 0 Å². The standard InChI is InChI=1S/C15H17F2NO3/c1-2-21-15(20)10-4-3-7-18(9-10)14(19)12-6-5-11(16)8-13(12)17/h5-6,8,10H,2-4,7,9H2,1H3/t10-/m0/s1. The summed E-state index contributed by atoms with van der Waals surface area (Å²) in [6.45, 7) is 2.66. The maximum absolute atomic E-state index is 13.7. The van der Waals surface area contributed by atoms with E-state index in [0.29, 0.717) is 25.5 Å². The monoisotopic (exact) mass is 297 g/mol. The second-order valence-electron chi connectivity index (χ2n) is 4.97. The van der Waals surface area contributed by atoms with Crippen LogP contribution in [0.1, 0.15) is 30.1 Å². The van der Waals surface area contributed by atoms with Crippen LogP contribution < -0.4 is 0 Å². The maximum atomic E-state index is 13.7. The van der Waals surface area contributed by atoms with E-state index in [0.717, 1.165) is 12.1 Å². The van der Waals surface area contributed by atoms with Crippen LogP contribution in [0.15, 0.2) is 18.2 Å². The van der Waals surface area contributed by atoms with E-state index in [1.54, 1.807) is 6.92 Å². The molecule has 0 aromatic heterocycles. The largest absolute Gasteiger partial charge is 0.466 e. The highest BCUT2D eigenvalue weighted by molar-refractivity contribution is 5.94. The minimum atomic E-state index is -0.891.